The van der Waals surface area contributed by atoms with Crippen LogP contribution in [0.15, 0.2) is 69.6 Å². The molecule has 0 saturated heterocycles. The van der Waals surface area contributed by atoms with E-state index in [0.717, 1.165) is 11.3 Å². The zero-order valence-electron chi connectivity index (χ0n) is 16.9. The van der Waals surface area contributed by atoms with Gasteiger partial charge in [0.1, 0.15) is 5.82 Å². The standard InChI is InChI=1S/C22H16FN3O5S/c1-12-18(21(28)31-2)19(13-7-9-15(10-8-13)26(29)30)25-20(27)17(32-22(25)24-12)11-14-5-3-4-6-16(14)23/h3-11,19H,1-2H3. The van der Waals surface area contributed by atoms with E-state index in [9.17, 15) is 24.1 Å². The Labute approximate surface area is 184 Å². The van der Waals surface area contributed by atoms with Gasteiger partial charge in [0.25, 0.3) is 11.2 Å². The van der Waals surface area contributed by atoms with Gasteiger partial charge in [-0.3, -0.25) is 19.5 Å². The Kier molecular flexibility index (Phi) is 5.54. The lowest BCUT2D eigenvalue weighted by Gasteiger charge is -2.24. The molecule has 2 aromatic carbocycles. The number of carbonyl (C=O) groups excluding carboxylic acids is 1. The summed E-state index contributed by atoms with van der Waals surface area (Å²) in [7, 11) is 1.22. The number of hydrogen-bond donors (Lipinski definition) is 0. The van der Waals surface area contributed by atoms with Crippen LogP contribution in [0.5, 0.6) is 0 Å². The van der Waals surface area contributed by atoms with Crippen molar-refractivity contribution in [3.05, 3.63) is 107 Å². The maximum Gasteiger partial charge on any atom is 0.338 e. The van der Waals surface area contributed by atoms with Gasteiger partial charge in [0.05, 0.1) is 33.9 Å². The number of esters is 1. The van der Waals surface area contributed by atoms with Crippen LogP contribution in [0.4, 0.5) is 10.1 Å². The first kappa shape index (κ1) is 21.3. The number of benzene rings is 2. The Morgan fingerprint density at radius 3 is 2.56 bits per heavy atom. The minimum absolute atomic E-state index is 0.124. The second-order valence-electron chi connectivity index (χ2n) is 6.94. The Morgan fingerprint density at radius 2 is 1.94 bits per heavy atom. The fourth-order valence-corrected chi connectivity index (χ4v) is 4.56. The Balaban J connectivity index is 1.97. The van der Waals surface area contributed by atoms with Gasteiger partial charge in [-0.15, -0.1) is 0 Å². The number of aromatic nitrogens is 1. The van der Waals surface area contributed by atoms with Gasteiger partial charge in [0, 0.05) is 17.7 Å². The number of methoxy groups -OCH3 is 1. The van der Waals surface area contributed by atoms with E-state index in [1.165, 1.54) is 48.1 Å². The second kappa shape index (κ2) is 8.31. The summed E-state index contributed by atoms with van der Waals surface area (Å²) in [5, 5.41) is 11.0. The third kappa shape index (κ3) is 3.65. The molecule has 1 unspecified atom stereocenters. The van der Waals surface area contributed by atoms with Crippen LogP contribution in [0.25, 0.3) is 6.08 Å². The van der Waals surface area contributed by atoms with E-state index in [1.807, 2.05) is 0 Å². The molecule has 0 amide bonds. The van der Waals surface area contributed by atoms with Crippen molar-refractivity contribution in [3.63, 3.8) is 0 Å². The first-order valence-electron chi connectivity index (χ1n) is 9.41. The van der Waals surface area contributed by atoms with Gasteiger partial charge in [0.2, 0.25) is 0 Å². The summed E-state index contributed by atoms with van der Waals surface area (Å²) < 4.78 is 20.6. The molecule has 1 aliphatic rings. The van der Waals surface area contributed by atoms with Gasteiger partial charge in [0.15, 0.2) is 4.80 Å². The fourth-order valence-electron chi connectivity index (χ4n) is 3.52. The second-order valence-corrected chi connectivity index (χ2v) is 7.95. The highest BCUT2D eigenvalue weighted by molar-refractivity contribution is 7.07. The lowest BCUT2D eigenvalue weighted by atomic mass is 9.96. The zero-order valence-corrected chi connectivity index (χ0v) is 17.8. The lowest BCUT2D eigenvalue weighted by molar-refractivity contribution is -0.384. The number of nitro groups is 1. The number of halogens is 1. The number of nitro benzene ring substituents is 1. The molecule has 4 rings (SSSR count). The quantitative estimate of drug-likeness (QED) is 0.343. The van der Waals surface area contributed by atoms with Crippen LogP contribution < -0.4 is 14.9 Å². The van der Waals surface area contributed by atoms with E-state index in [0.29, 0.717) is 16.1 Å². The van der Waals surface area contributed by atoms with Crippen LogP contribution in [0.2, 0.25) is 0 Å². The van der Waals surface area contributed by atoms with Crippen molar-refractivity contribution in [3.8, 4) is 0 Å². The Hall–Kier alpha value is -3.92. The van der Waals surface area contributed by atoms with Crippen LogP contribution in [-0.2, 0) is 9.53 Å². The third-order valence-electron chi connectivity index (χ3n) is 5.04. The Morgan fingerprint density at radius 1 is 1.25 bits per heavy atom. The number of thiazole rings is 1. The molecule has 10 heteroatoms. The molecule has 162 valence electrons. The van der Waals surface area contributed by atoms with Crippen molar-refractivity contribution in [1.82, 2.24) is 4.57 Å². The minimum atomic E-state index is -0.901. The van der Waals surface area contributed by atoms with Gasteiger partial charge in [-0.1, -0.05) is 29.5 Å². The predicted octanol–water partition coefficient (Wildman–Crippen LogP) is 2.46. The average molecular weight is 453 g/mol. The van der Waals surface area contributed by atoms with Gasteiger partial charge in [-0.25, -0.2) is 14.2 Å². The first-order valence-corrected chi connectivity index (χ1v) is 10.2. The summed E-state index contributed by atoms with van der Waals surface area (Å²) in [6.45, 7) is 1.62. The molecular formula is C22H16FN3O5S. The van der Waals surface area contributed by atoms with Crippen LogP contribution in [0.1, 0.15) is 24.1 Å². The number of ether oxygens (including phenoxy) is 1. The van der Waals surface area contributed by atoms with E-state index < -0.39 is 28.3 Å². The number of hydrogen-bond acceptors (Lipinski definition) is 7. The van der Waals surface area contributed by atoms with Crippen molar-refractivity contribution in [2.24, 2.45) is 4.99 Å². The summed E-state index contributed by atoms with van der Waals surface area (Å²) in [4.78, 5) is 41.1. The molecule has 0 aliphatic carbocycles. The predicted molar refractivity (Wildman–Crippen MR) is 115 cm³/mol. The molecule has 1 aliphatic heterocycles. The molecule has 0 bridgehead atoms. The average Bonchev–Trinajstić information content (AvgIpc) is 3.08. The maximum absolute atomic E-state index is 14.1. The van der Waals surface area contributed by atoms with E-state index >= 15 is 0 Å². The van der Waals surface area contributed by atoms with Crippen molar-refractivity contribution in [1.29, 1.82) is 0 Å². The molecule has 0 N–H and O–H groups in total. The summed E-state index contributed by atoms with van der Waals surface area (Å²) in [5.41, 5.74) is 0.637. The molecule has 0 saturated carbocycles. The normalized spacial score (nSPS) is 15.8. The number of carbonyl (C=O) groups is 1. The molecule has 2 heterocycles. The van der Waals surface area contributed by atoms with Gasteiger partial charge < -0.3 is 4.74 Å². The molecule has 8 nitrogen and oxygen atoms in total. The monoisotopic (exact) mass is 453 g/mol. The van der Waals surface area contributed by atoms with E-state index in [2.05, 4.69) is 4.99 Å². The Bertz CT molecular complexity index is 1450. The number of nitrogens with zero attached hydrogens (tertiary/aromatic N) is 3. The molecule has 0 spiro atoms. The number of allylic oxidation sites excluding steroid dienone is 1. The zero-order chi connectivity index (χ0) is 23.0. The van der Waals surface area contributed by atoms with E-state index in [4.69, 9.17) is 4.74 Å². The summed E-state index contributed by atoms with van der Waals surface area (Å²) in [6, 6.07) is 10.7. The highest BCUT2D eigenvalue weighted by Gasteiger charge is 2.33. The van der Waals surface area contributed by atoms with E-state index in [1.54, 1.807) is 25.1 Å². The SMILES string of the molecule is COC(=O)C1=C(C)N=c2sc(=Cc3ccccc3F)c(=O)n2C1c1ccc([N+](=O)[O-])cc1. The van der Waals surface area contributed by atoms with Crippen molar-refractivity contribution in [2.45, 2.75) is 13.0 Å². The topological polar surface area (TPSA) is 104 Å². The molecule has 0 fully saturated rings. The maximum atomic E-state index is 14.1. The van der Waals surface area contributed by atoms with Crippen LogP contribution >= 0.6 is 11.3 Å². The third-order valence-corrected chi connectivity index (χ3v) is 6.02. The van der Waals surface area contributed by atoms with E-state index in [-0.39, 0.29) is 21.4 Å². The van der Waals surface area contributed by atoms with Crippen molar-refractivity contribution >= 4 is 29.1 Å². The van der Waals surface area contributed by atoms with Gasteiger partial charge >= 0.3 is 5.97 Å². The number of fused-ring (bicyclic) bond motifs is 1. The smallest absolute Gasteiger partial charge is 0.338 e. The lowest BCUT2D eigenvalue weighted by Crippen LogP contribution is -2.39. The summed E-state index contributed by atoms with van der Waals surface area (Å²) in [6.07, 6.45) is 1.43. The molecular weight excluding hydrogens is 437 g/mol. The summed E-state index contributed by atoms with van der Waals surface area (Å²) >= 11 is 1.06. The number of rotatable bonds is 4. The first-order chi connectivity index (χ1) is 15.3. The van der Waals surface area contributed by atoms with Crippen LogP contribution in [0.3, 0.4) is 0 Å². The van der Waals surface area contributed by atoms with Gasteiger partial charge in [-0.2, -0.15) is 0 Å². The molecule has 0 radical (unpaired) electrons. The molecule has 1 atom stereocenters. The largest absolute Gasteiger partial charge is 0.466 e. The molecule has 3 aromatic rings. The van der Waals surface area contributed by atoms with Crippen molar-refractivity contribution in [2.75, 3.05) is 7.11 Å². The van der Waals surface area contributed by atoms with Crippen LogP contribution in [0, 0.1) is 15.9 Å². The fraction of sp³-hybridized carbons (Fsp3) is 0.136. The van der Waals surface area contributed by atoms with Gasteiger partial charge in [-0.05, 0) is 36.8 Å². The summed E-state index contributed by atoms with van der Waals surface area (Å²) in [5.74, 6) is -1.14. The number of non-ortho nitro benzene ring substituents is 1. The highest BCUT2D eigenvalue weighted by Crippen LogP contribution is 2.31. The van der Waals surface area contributed by atoms with Crippen LogP contribution in [-0.4, -0.2) is 22.6 Å². The van der Waals surface area contributed by atoms with Crippen molar-refractivity contribution < 1.29 is 18.8 Å². The molecule has 32 heavy (non-hydrogen) atoms. The minimum Gasteiger partial charge on any atom is -0.466 e. The molecule has 1 aromatic heterocycles. The highest BCUT2D eigenvalue weighted by atomic mass is 32.1.